The summed E-state index contributed by atoms with van der Waals surface area (Å²) in [5, 5.41) is 12.7. The molecule has 1 fully saturated rings. The Balaban J connectivity index is 1.47. The summed E-state index contributed by atoms with van der Waals surface area (Å²) >= 11 is 0. The van der Waals surface area contributed by atoms with Crippen molar-refractivity contribution in [2.45, 2.75) is 77.4 Å². The van der Waals surface area contributed by atoms with Crippen LogP contribution in [-0.2, 0) is 19.8 Å². The number of para-hydroxylation sites is 1. The number of carbonyl (C=O) groups is 4. The highest BCUT2D eigenvalue weighted by Crippen LogP contribution is 2.46. The number of hydrogen-bond acceptors (Lipinski definition) is 5. The lowest BCUT2D eigenvalue weighted by atomic mass is 9.80. The molecule has 1 saturated heterocycles. The fraction of sp³-hybridized carbons (Fsp3) is 0.472. The number of likely N-dealkylation sites (tertiary alicyclic amines) is 1. The fourth-order valence-electron chi connectivity index (χ4n) is 7.04. The van der Waals surface area contributed by atoms with Gasteiger partial charge in [0.2, 0.25) is 17.7 Å². The topological polar surface area (TPSA) is 130 Å². The third-order valence-corrected chi connectivity index (χ3v) is 9.58. The van der Waals surface area contributed by atoms with Crippen LogP contribution in [0.15, 0.2) is 36.4 Å². The van der Waals surface area contributed by atoms with Crippen LogP contribution in [0, 0.1) is 40.1 Å². The first-order valence-electron chi connectivity index (χ1n) is 16.2. The van der Waals surface area contributed by atoms with Crippen molar-refractivity contribution in [3.63, 3.8) is 0 Å². The molecule has 0 bridgehead atoms. The second-order valence-electron chi connectivity index (χ2n) is 14.8. The van der Waals surface area contributed by atoms with Crippen LogP contribution < -0.4 is 5.32 Å². The molecule has 3 heterocycles. The van der Waals surface area contributed by atoms with E-state index < -0.39 is 69.6 Å². The van der Waals surface area contributed by atoms with Crippen LogP contribution in [0.4, 0.5) is 18.9 Å². The molecule has 2 aliphatic rings. The van der Waals surface area contributed by atoms with Crippen LogP contribution in [0.3, 0.4) is 0 Å². The van der Waals surface area contributed by atoms with Crippen molar-refractivity contribution in [1.82, 2.24) is 19.7 Å². The monoisotopic (exact) mass is 678 g/mol. The Morgan fingerprint density at radius 3 is 2.37 bits per heavy atom. The largest absolute Gasteiger partial charge is 0.348 e. The molecule has 4 atom stereocenters. The molecule has 2 aliphatic heterocycles. The third kappa shape index (κ3) is 6.36. The molecule has 0 aliphatic carbocycles. The first-order chi connectivity index (χ1) is 22.9. The molecule has 10 nitrogen and oxygen atoms in total. The number of anilines is 1. The van der Waals surface area contributed by atoms with E-state index in [1.54, 1.807) is 18.2 Å². The summed E-state index contributed by atoms with van der Waals surface area (Å²) in [5.74, 6) is -5.98. The highest BCUT2D eigenvalue weighted by Gasteiger charge is 2.57. The molecule has 5 rings (SSSR count). The average Bonchev–Trinajstić information content (AvgIpc) is 3.74. The number of carbonyl (C=O) groups excluding carboxylic acids is 4. The van der Waals surface area contributed by atoms with Crippen molar-refractivity contribution in [2.24, 2.45) is 11.3 Å². The predicted molar refractivity (Wildman–Crippen MR) is 177 cm³/mol. The number of rotatable bonds is 8. The lowest BCUT2D eigenvalue weighted by Crippen LogP contribution is -2.57. The maximum atomic E-state index is 14.5. The lowest BCUT2D eigenvalue weighted by molar-refractivity contribution is -0.148. The van der Waals surface area contributed by atoms with Gasteiger partial charge in [-0.05, 0) is 41.9 Å². The van der Waals surface area contributed by atoms with E-state index in [2.05, 4.69) is 16.4 Å². The van der Waals surface area contributed by atoms with E-state index in [-0.39, 0.29) is 48.7 Å². The minimum Gasteiger partial charge on any atom is -0.348 e. The van der Waals surface area contributed by atoms with E-state index >= 15 is 0 Å². The number of aromatic amines is 1. The van der Waals surface area contributed by atoms with E-state index in [9.17, 15) is 37.6 Å². The number of amides is 4. The quantitative estimate of drug-likeness (QED) is 0.311. The molecule has 0 radical (unpaired) electrons. The van der Waals surface area contributed by atoms with Crippen LogP contribution in [0.25, 0.3) is 10.9 Å². The van der Waals surface area contributed by atoms with E-state index in [4.69, 9.17) is 0 Å². The number of likely N-dealkylation sites (N-methyl/N-ethyl adjacent to an activating group) is 2. The van der Waals surface area contributed by atoms with Gasteiger partial charge < -0.3 is 25.0 Å². The molecule has 0 unspecified atom stereocenters. The summed E-state index contributed by atoms with van der Waals surface area (Å²) < 4.78 is 42.8. The summed E-state index contributed by atoms with van der Waals surface area (Å²) in [7, 11) is 2.86. The highest BCUT2D eigenvalue weighted by molar-refractivity contribution is 6.07. The Hall–Kier alpha value is -4.86. The Labute approximate surface area is 283 Å². The number of nitrogens with zero attached hydrogens (tertiary/aromatic N) is 4. The summed E-state index contributed by atoms with van der Waals surface area (Å²) in [5.41, 5.74) is -1.02. The fourth-order valence-corrected chi connectivity index (χ4v) is 7.04. The number of halogens is 3. The van der Waals surface area contributed by atoms with Crippen LogP contribution >= 0.6 is 0 Å². The van der Waals surface area contributed by atoms with Crippen LogP contribution in [0.2, 0.25) is 0 Å². The molecule has 13 heteroatoms. The number of fused-ring (bicyclic) bond motifs is 3. The van der Waals surface area contributed by atoms with Gasteiger partial charge in [-0.15, -0.1) is 0 Å². The zero-order valence-electron chi connectivity index (χ0n) is 28.7. The Kier molecular flexibility index (Phi) is 9.31. The smallest absolute Gasteiger partial charge is 0.270 e. The summed E-state index contributed by atoms with van der Waals surface area (Å²) in [6, 6.07) is 7.75. The SMILES string of the molecule is CC(C)C[C@@H](C(=O)N1C[C@]2(C[C@H]1C#N)C(=O)Nc1ccccc12)N(C)C(=O)[C@H](CC(C)(C)C)N(C)C(=O)c1cc2c(F)cc(F)c(F)c2[nH]1. The molecule has 260 valence electrons. The molecule has 1 aromatic heterocycles. The first-order valence-corrected chi connectivity index (χ1v) is 16.2. The number of nitriles is 1. The third-order valence-electron chi connectivity index (χ3n) is 9.58. The van der Waals surface area contributed by atoms with Crippen molar-refractivity contribution in [2.75, 3.05) is 26.0 Å². The maximum Gasteiger partial charge on any atom is 0.270 e. The molecule has 2 N–H and O–H groups in total. The van der Waals surface area contributed by atoms with Gasteiger partial charge in [0.25, 0.3) is 5.91 Å². The summed E-state index contributed by atoms with van der Waals surface area (Å²) in [6.07, 6.45) is 0.490. The molecule has 3 aromatic rings. The average molecular weight is 679 g/mol. The molecular weight excluding hydrogens is 637 g/mol. The molecule has 1 spiro atoms. The van der Waals surface area contributed by atoms with Gasteiger partial charge >= 0.3 is 0 Å². The maximum absolute atomic E-state index is 14.5. The van der Waals surface area contributed by atoms with Crippen molar-refractivity contribution in [3.8, 4) is 6.07 Å². The van der Waals surface area contributed by atoms with Crippen LogP contribution in [-0.4, -0.2) is 82.1 Å². The van der Waals surface area contributed by atoms with Gasteiger partial charge in [0.1, 0.15) is 29.6 Å². The van der Waals surface area contributed by atoms with Crippen molar-refractivity contribution < 1.29 is 32.3 Å². The van der Waals surface area contributed by atoms with Gasteiger partial charge in [0, 0.05) is 44.2 Å². The van der Waals surface area contributed by atoms with Crippen LogP contribution in [0.5, 0.6) is 0 Å². The molecule has 0 saturated carbocycles. The first kappa shape index (κ1) is 35.4. The predicted octanol–water partition coefficient (Wildman–Crippen LogP) is 5.35. The second-order valence-corrected chi connectivity index (χ2v) is 14.8. The van der Waals surface area contributed by atoms with Gasteiger partial charge in [-0.25, -0.2) is 13.2 Å². The summed E-state index contributed by atoms with van der Waals surface area (Å²) in [4.78, 5) is 62.3. The summed E-state index contributed by atoms with van der Waals surface area (Å²) in [6.45, 7) is 9.39. The normalized spacial score (nSPS) is 19.9. The van der Waals surface area contributed by atoms with Gasteiger partial charge in [0.15, 0.2) is 11.6 Å². The number of benzene rings is 2. The van der Waals surface area contributed by atoms with Crippen molar-refractivity contribution in [1.29, 1.82) is 5.26 Å². The number of H-pyrrole nitrogens is 1. The Morgan fingerprint density at radius 2 is 1.73 bits per heavy atom. The lowest BCUT2D eigenvalue weighted by Gasteiger charge is -2.38. The minimum atomic E-state index is -1.41. The van der Waals surface area contributed by atoms with E-state index in [0.29, 0.717) is 17.3 Å². The van der Waals surface area contributed by atoms with Crippen molar-refractivity contribution in [3.05, 3.63) is 65.1 Å². The Morgan fingerprint density at radius 1 is 1.06 bits per heavy atom. The second kappa shape index (κ2) is 12.9. The number of hydrogen-bond donors (Lipinski definition) is 2. The van der Waals surface area contributed by atoms with E-state index in [0.717, 1.165) is 11.0 Å². The molecule has 4 amide bonds. The molecule has 2 aromatic carbocycles. The van der Waals surface area contributed by atoms with Gasteiger partial charge in [-0.2, -0.15) is 5.26 Å². The Bertz CT molecular complexity index is 1880. The van der Waals surface area contributed by atoms with Crippen LogP contribution in [0.1, 0.15) is 69.9 Å². The number of nitrogens with one attached hydrogen (secondary N) is 2. The zero-order chi connectivity index (χ0) is 36.2. The van der Waals surface area contributed by atoms with Gasteiger partial charge in [0.05, 0.1) is 17.0 Å². The number of aromatic nitrogens is 1. The van der Waals surface area contributed by atoms with Gasteiger partial charge in [-0.1, -0.05) is 52.8 Å². The van der Waals surface area contributed by atoms with E-state index in [1.807, 2.05) is 40.7 Å². The van der Waals surface area contributed by atoms with Crippen molar-refractivity contribution >= 4 is 40.2 Å². The standard InChI is InChI=1S/C36H41F3N6O4/c1-19(2)12-27(33(48)45-18-36(15-20(45)17-40)22-10-8-9-11-25(22)42-34(36)49)43(6)32(47)28(16-35(3,4)5)44(7)31(46)26-13-21-23(37)14-24(38)29(39)30(21)41-26/h8-11,13-14,19-20,27-28,41H,12,15-16,18H2,1-7H3,(H,42,49)/t20-,27-,28-,36-/m0/s1. The van der Waals surface area contributed by atoms with E-state index in [1.165, 1.54) is 23.9 Å². The molecule has 49 heavy (non-hydrogen) atoms. The zero-order valence-corrected chi connectivity index (χ0v) is 28.7. The highest BCUT2D eigenvalue weighted by atomic mass is 19.2. The minimum absolute atomic E-state index is 0.0402. The van der Waals surface area contributed by atoms with Gasteiger partial charge in [-0.3, -0.25) is 19.2 Å². The molecular formula is C36H41F3N6O4.